The van der Waals surface area contributed by atoms with Gasteiger partial charge < -0.3 is 0 Å². The molecule has 1 aliphatic carbocycles. The Kier molecular flexibility index (Phi) is 2.32. The van der Waals surface area contributed by atoms with Crippen molar-refractivity contribution in [3.05, 3.63) is 36.0 Å². The quantitative estimate of drug-likeness (QED) is 0.535. The lowest BCUT2D eigenvalue weighted by Crippen LogP contribution is -2.05. The van der Waals surface area contributed by atoms with Crippen LogP contribution in [-0.4, -0.2) is 5.78 Å². The monoisotopic (exact) mass is 162 g/mol. The van der Waals surface area contributed by atoms with Gasteiger partial charge in [-0.25, -0.2) is 0 Å². The summed E-state index contributed by atoms with van der Waals surface area (Å²) in [5.41, 5.74) is 1.00. The fourth-order valence-electron chi connectivity index (χ4n) is 1.02. The molecule has 1 heteroatoms. The van der Waals surface area contributed by atoms with Crippen LogP contribution in [0.4, 0.5) is 0 Å². The summed E-state index contributed by atoms with van der Waals surface area (Å²) in [6.07, 6.45) is 9.28. The van der Waals surface area contributed by atoms with Crippen LogP contribution in [0.25, 0.3) is 0 Å². The fourth-order valence-corrected chi connectivity index (χ4v) is 1.02. The molecule has 0 unspecified atom stereocenters. The minimum Gasteiger partial charge on any atom is -0.290 e. The summed E-state index contributed by atoms with van der Waals surface area (Å²) in [4.78, 5) is 11.1. The number of rotatable bonds is 0. The molecule has 0 amide bonds. The van der Waals surface area contributed by atoms with Crippen LogP contribution in [0.15, 0.2) is 36.0 Å². The van der Waals surface area contributed by atoms with Gasteiger partial charge in [0.25, 0.3) is 0 Å². The van der Waals surface area contributed by atoms with Gasteiger partial charge in [-0.1, -0.05) is 32.1 Å². The Hall–Kier alpha value is -1.11. The highest BCUT2D eigenvalue weighted by Crippen LogP contribution is 2.21. The zero-order valence-corrected chi connectivity index (χ0v) is 7.79. The first-order valence-corrected chi connectivity index (χ1v) is 4.10. The van der Waals surface area contributed by atoms with Crippen LogP contribution in [0.1, 0.15) is 20.8 Å². The maximum Gasteiger partial charge on any atom is 0.178 e. The Bertz CT molecular complexity index is 277. The summed E-state index contributed by atoms with van der Waals surface area (Å²) in [5, 5.41) is 0. The molecule has 0 aliphatic heterocycles. The number of hydrogen-bond donors (Lipinski definition) is 0. The third-order valence-corrected chi connectivity index (χ3v) is 1.82. The van der Waals surface area contributed by atoms with E-state index in [0.29, 0.717) is 0 Å². The van der Waals surface area contributed by atoms with Gasteiger partial charge in [-0.05, 0) is 24.6 Å². The van der Waals surface area contributed by atoms with Crippen molar-refractivity contribution in [3.8, 4) is 0 Å². The van der Waals surface area contributed by atoms with Crippen LogP contribution in [0.5, 0.6) is 0 Å². The number of hydrogen-bond acceptors (Lipinski definition) is 1. The summed E-state index contributed by atoms with van der Waals surface area (Å²) in [7, 11) is 0. The SMILES string of the molecule is CC1=C/C(=O)/C=C\C(C)(C)/C=C\1. The lowest BCUT2D eigenvalue weighted by molar-refractivity contribution is -0.110. The maximum absolute atomic E-state index is 11.1. The van der Waals surface area contributed by atoms with E-state index in [9.17, 15) is 4.79 Å². The van der Waals surface area contributed by atoms with Gasteiger partial charge in [-0.15, -0.1) is 0 Å². The predicted octanol–water partition coefficient (Wildman–Crippen LogP) is 2.65. The lowest BCUT2D eigenvalue weighted by Gasteiger charge is -2.15. The molecule has 0 saturated carbocycles. The van der Waals surface area contributed by atoms with Gasteiger partial charge in [-0.2, -0.15) is 0 Å². The fraction of sp³-hybridized carbons (Fsp3) is 0.364. The van der Waals surface area contributed by atoms with Crippen LogP contribution in [0.2, 0.25) is 0 Å². The summed E-state index contributed by atoms with van der Waals surface area (Å²) in [6, 6.07) is 0. The second-order valence-electron chi connectivity index (χ2n) is 3.78. The van der Waals surface area contributed by atoms with Crippen LogP contribution in [0, 0.1) is 5.41 Å². The molecule has 0 aromatic carbocycles. The van der Waals surface area contributed by atoms with Gasteiger partial charge in [0.05, 0.1) is 0 Å². The Morgan fingerprint density at radius 2 is 1.75 bits per heavy atom. The molecule has 0 N–H and O–H groups in total. The smallest absolute Gasteiger partial charge is 0.178 e. The highest BCUT2D eigenvalue weighted by atomic mass is 16.1. The Morgan fingerprint density at radius 1 is 1.17 bits per heavy atom. The Labute approximate surface area is 73.5 Å². The summed E-state index contributed by atoms with van der Waals surface area (Å²) >= 11 is 0. The van der Waals surface area contributed by atoms with Gasteiger partial charge in [-0.3, -0.25) is 4.79 Å². The van der Waals surface area contributed by atoms with Gasteiger partial charge in [0, 0.05) is 5.41 Å². The van der Waals surface area contributed by atoms with E-state index in [2.05, 4.69) is 19.9 Å². The molecule has 1 nitrogen and oxygen atoms in total. The van der Waals surface area contributed by atoms with E-state index in [1.807, 2.05) is 19.1 Å². The molecule has 64 valence electrons. The molecular weight excluding hydrogens is 148 g/mol. The van der Waals surface area contributed by atoms with Crippen molar-refractivity contribution in [1.82, 2.24) is 0 Å². The van der Waals surface area contributed by atoms with Crippen molar-refractivity contribution in [2.24, 2.45) is 5.41 Å². The molecule has 0 aromatic heterocycles. The lowest BCUT2D eigenvalue weighted by atomic mass is 9.90. The van der Waals surface area contributed by atoms with Crippen LogP contribution >= 0.6 is 0 Å². The normalized spacial score (nSPS) is 31.2. The molecule has 0 heterocycles. The second-order valence-corrected chi connectivity index (χ2v) is 3.78. The van der Waals surface area contributed by atoms with E-state index in [1.54, 1.807) is 12.2 Å². The molecule has 0 saturated heterocycles. The standard InChI is InChI=1S/C11H14O/c1-9-4-6-11(2,3)7-5-10(12)8-9/h4-8H,1-3H3/b6-4-,7-5-,9-8-. The largest absolute Gasteiger partial charge is 0.290 e. The molecule has 12 heavy (non-hydrogen) atoms. The summed E-state index contributed by atoms with van der Waals surface area (Å²) < 4.78 is 0. The van der Waals surface area contributed by atoms with Gasteiger partial charge in [0.2, 0.25) is 0 Å². The third-order valence-electron chi connectivity index (χ3n) is 1.82. The molecule has 0 aromatic rings. The molecule has 0 atom stereocenters. The van der Waals surface area contributed by atoms with E-state index in [4.69, 9.17) is 0 Å². The first kappa shape index (κ1) is 8.98. The van der Waals surface area contributed by atoms with Gasteiger partial charge in [0.1, 0.15) is 0 Å². The summed E-state index contributed by atoms with van der Waals surface area (Å²) in [6.45, 7) is 6.08. The van der Waals surface area contributed by atoms with Crippen molar-refractivity contribution in [3.63, 3.8) is 0 Å². The third kappa shape index (κ3) is 2.50. The van der Waals surface area contributed by atoms with Crippen molar-refractivity contribution in [2.45, 2.75) is 20.8 Å². The van der Waals surface area contributed by atoms with Crippen molar-refractivity contribution in [1.29, 1.82) is 0 Å². The summed E-state index contributed by atoms with van der Waals surface area (Å²) in [5.74, 6) is 0.0740. The number of ketones is 1. The minimum absolute atomic E-state index is 0.00875. The average molecular weight is 162 g/mol. The molecule has 1 rings (SSSR count). The maximum atomic E-state index is 11.1. The zero-order valence-electron chi connectivity index (χ0n) is 7.79. The van der Waals surface area contributed by atoms with E-state index in [1.165, 1.54) is 0 Å². The topological polar surface area (TPSA) is 17.1 Å². The van der Waals surface area contributed by atoms with E-state index in [0.717, 1.165) is 5.57 Å². The van der Waals surface area contributed by atoms with Crippen LogP contribution < -0.4 is 0 Å². The first-order chi connectivity index (χ1) is 5.49. The molecule has 0 radical (unpaired) electrons. The van der Waals surface area contributed by atoms with Crippen LogP contribution in [0.3, 0.4) is 0 Å². The molecule has 1 aliphatic rings. The van der Waals surface area contributed by atoms with Crippen molar-refractivity contribution >= 4 is 5.78 Å². The van der Waals surface area contributed by atoms with Crippen molar-refractivity contribution < 1.29 is 4.79 Å². The molecule has 0 spiro atoms. The first-order valence-electron chi connectivity index (χ1n) is 4.10. The number of carbonyl (C=O) groups excluding carboxylic acids is 1. The van der Waals surface area contributed by atoms with Crippen molar-refractivity contribution in [2.75, 3.05) is 0 Å². The highest BCUT2D eigenvalue weighted by Gasteiger charge is 2.10. The average Bonchev–Trinajstić information content (AvgIpc) is 1.96. The number of allylic oxidation sites excluding steroid dienone is 6. The second kappa shape index (κ2) is 3.10. The Morgan fingerprint density at radius 3 is 2.42 bits per heavy atom. The number of carbonyl (C=O) groups is 1. The molecule has 0 bridgehead atoms. The van der Waals surface area contributed by atoms with E-state index >= 15 is 0 Å². The highest BCUT2D eigenvalue weighted by molar-refractivity contribution is 6.00. The van der Waals surface area contributed by atoms with E-state index < -0.39 is 0 Å². The van der Waals surface area contributed by atoms with Gasteiger partial charge in [0.15, 0.2) is 5.78 Å². The zero-order chi connectivity index (χ0) is 9.19. The molecular formula is C11H14O. The predicted molar refractivity (Wildman–Crippen MR) is 50.8 cm³/mol. The minimum atomic E-state index is -0.00875. The van der Waals surface area contributed by atoms with Crippen LogP contribution in [-0.2, 0) is 4.79 Å². The van der Waals surface area contributed by atoms with Gasteiger partial charge >= 0.3 is 0 Å². The van der Waals surface area contributed by atoms with E-state index in [-0.39, 0.29) is 11.2 Å². The molecule has 0 fully saturated rings. The Balaban J connectivity index is 3.04.